The molecule has 0 aliphatic heterocycles. The highest BCUT2D eigenvalue weighted by Gasteiger charge is 2.26. The minimum Gasteiger partial charge on any atom is -0.369 e. The molecule has 0 aromatic rings. The van der Waals surface area contributed by atoms with E-state index in [0.29, 0.717) is 0 Å². The van der Waals surface area contributed by atoms with E-state index in [1.165, 1.54) is 0 Å². The quantitative estimate of drug-likeness (QED) is 0.525. The number of nitrogens with two attached hydrogens (primary N) is 3. The van der Waals surface area contributed by atoms with Gasteiger partial charge in [-0.1, -0.05) is 20.3 Å². The second-order valence-corrected chi connectivity index (χ2v) is 3.91. The van der Waals surface area contributed by atoms with Gasteiger partial charge in [0.2, 0.25) is 5.91 Å². The van der Waals surface area contributed by atoms with E-state index in [0.717, 1.165) is 6.42 Å². The van der Waals surface area contributed by atoms with Crippen LogP contribution in [0.2, 0.25) is 0 Å². The molecule has 0 saturated heterocycles. The first-order valence-electron chi connectivity index (χ1n) is 5.21. The summed E-state index contributed by atoms with van der Waals surface area (Å²) in [4.78, 5) is 22.6. The van der Waals surface area contributed by atoms with Crippen LogP contribution in [0.3, 0.4) is 0 Å². The van der Waals surface area contributed by atoms with Gasteiger partial charge in [0.05, 0.1) is 6.04 Å². The summed E-state index contributed by atoms with van der Waals surface area (Å²) in [6, 6.07) is -0.684. The number of carbonyl (C=O) groups excluding carboxylic acids is 2. The SMILES string of the molecule is CCC(C)[C@H](CC(=O)[C@@H](N)CN)C(N)=O. The summed E-state index contributed by atoms with van der Waals surface area (Å²) < 4.78 is 0. The van der Waals surface area contributed by atoms with E-state index < -0.39 is 17.9 Å². The van der Waals surface area contributed by atoms with Crippen LogP contribution in [-0.2, 0) is 9.59 Å². The summed E-state index contributed by atoms with van der Waals surface area (Å²) >= 11 is 0. The molecule has 0 saturated carbocycles. The van der Waals surface area contributed by atoms with Crippen LogP contribution in [0, 0.1) is 11.8 Å². The monoisotopic (exact) mass is 215 g/mol. The number of rotatable bonds is 7. The third kappa shape index (κ3) is 4.40. The summed E-state index contributed by atoms with van der Waals surface area (Å²) in [6.07, 6.45) is 0.904. The molecule has 1 amide bonds. The molecule has 0 bridgehead atoms. The van der Waals surface area contributed by atoms with Crippen molar-refractivity contribution in [1.29, 1.82) is 0 Å². The zero-order valence-corrected chi connectivity index (χ0v) is 9.40. The van der Waals surface area contributed by atoms with Crippen LogP contribution in [0.5, 0.6) is 0 Å². The van der Waals surface area contributed by atoms with Crippen molar-refractivity contribution in [3.63, 3.8) is 0 Å². The van der Waals surface area contributed by atoms with Gasteiger partial charge in [-0.3, -0.25) is 9.59 Å². The second kappa shape index (κ2) is 6.53. The lowest BCUT2D eigenvalue weighted by Gasteiger charge is -2.20. The average molecular weight is 215 g/mol. The second-order valence-electron chi connectivity index (χ2n) is 3.91. The van der Waals surface area contributed by atoms with Crippen molar-refractivity contribution in [3.8, 4) is 0 Å². The third-order valence-corrected chi connectivity index (χ3v) is 2.78. The number of Topliss-reactive ketones (excluding diaryl/α,β-unsaturated/α-hetero) is 1. The molecular formula is C10H21N3O2. The maximum atomic E-state index is 11.5. The Kier molecular flexibility index (Phi) is 6.12. The van der Waals surface area contributed by atoms with Gasteiger partial charge in [-0.15, -0.1) is 0 Å². The fourth-order valence-electron chi connectivity index (χ4n) is 1.37. The molecule has 0 radical (unpaired) electrons. The van der Waals surface area contributed by atoms with Gasteiger partial charge in [-0.05, 0) is 5.92 Å². The lowest BCUT2D eigenvalue weighted by atomic mass is 9.86. The van der Waals surface area contributed by atoms with Crippen LogP contribution < -0.4 is 17.2 Å². The fraction of sp³-hybridized carbons (Fsp3) is 0.800. The Labute approximate surface area is 90.4 Å². The molecule has 0 aromatic heterocycles. The van der Waals surface area contributed by atoms with Crippen molar-refractivity contribution in [1.82, 2.24) is 0 Å². The summed E-state index contributed by atoms with van der Waals surface area (Å²) in [7, 11) is 0. The van der Waals surface area contributed by atoms with Gasteiger partial charge in [-0.25, -0.2) is 0 Å². The van der Waals surface area contributed by atoms with E-state index in [9.17, 15) is 9.59 Å². The lowest BCUT2D eigenvalue weighted by Crippen LogP contribution is -2.41. The Morgan fingerprint density at radius 1 is 1.33 bits per heavy atom. The van der Waals surface area contributed by atoms with Crippen molar-refractivity contribution in [3.05, 3.63) is 0 Å². The fourth-order valence-corrected chi connectivity index (χ4v) is 1.37. The number of hydrogen-bond donors (Lipinski definition) is 3. The van der Waals surface area contributed by atoms with Crippen molar-refractivity contribution in [2.24, 2.45) is 29.0 Å². The molecule has 5 nitrogen and oxygen atoms in total. The zero-order chi connectivity index (χ0) is 12.0. The molecule has 0 heterocycles. The lowest BCUT2D eigenvalue weighted by molar-refractivity contribution is -0.129. The van der Waals surface area contributed by atoms with Crippen molar-refractivity contribution >= 4 is 11.7 Å². The van der Waals surface area contributed by atoms with Crippen LogP contribution in [0.1, 0.15) is 26.7 Å². The summed E-state index contributed by atoms with van der Waals surface area (Å²) in [5, 5.41) is 0. The predicted molar refractivity (Wildman–Crippen MR) is 58.8 cm³/mol. The number of carbonyl (C=O) groups is 2. The molecule has 15 heavy (non-hydrogen) atoms. The molecule has 3 atom stereocenters. The number of amides is 1. The average Bonchev–Trinajstić information content (AvgIpc) is 2.22. The van der Waals surface area contributed by atoms with Crippen molar-refractivity contribution < 1.29 is 9.59 Å². The van der Waals surface area contributed by atoms with Crippen LogP contribution in [0.25, 0.3) is 0 Å². The Balaban J connectivity index is 4.42. The highest BCUT2D eigenvalue weighted by Crippen LogP contribution is 2.19. The van der Waals surface area contributed by atoms with Crippen molar-refractivity contribution in [2.75, 3.05) is 6.54 Å². The molecule has 0 fully saturated rings. The molecule has 6 N–H and O–H groups in total. The number of hydrogen-bond acceptors (Lipinski definition) is 4. The molecule has 0 rings (SSSR count). The minimum absolute atomic E-state index is 0.0939. The van der Waals surface area contributed by atoms with E-state index in [-0.39, 0.29) is 24.7 Å². The standard InChI is InChI=1S/C10H21N3O2/c1-3-6(2)7(10(13)15)4-9(14)8(12)5-11/h6-8H,3-5,11-12H2,1-2H3,(H2,13,15)/t6?,7-,8-/m0/s1. The summed E-state index contributed by atoms with van der Waals surface area (Å²) in [6.45, 7) is 3.95. The predicted octanol–water partition coefficient (Wildman–Crippen LogP) is -0.621. The highest BCUT2D eigenvalue weighted by atomic mass is 16.1. The first-order valence-corrected chi connectivity index (χ1v) is 5.21. The highest BCUT2D eigenvalue weighted by molar-refractivity contribution is 5.89. The zero-order valence-electron chi connectivity index (χ0n) is 9.40. The van der Waals surface area contributed by atoms with Gasteiger partial charge in [0.15, 0.2) is 5.78 Å². The molecule has 0 spiro atoms. The van der Waals surface area contributed by atoms with Gasteiger partial charge in [-0.2, -0.15) is 0 Å². The number of primary amides is 1. The topological polar surface area (TPSA) is 112 Å². The van der Waals surface area contributed by atoms with E-state index in [1.54, 1.807) is 0 Å². The van der Waals surface area contributed by atoms with Gasteiger partial charge >= 0.3 is 0 Å². The first kappa shape index (κ1) is 14.1. The largest absolute Gasteiger partial charge is 0.369 e. The third-order valence-electron chi connectivity index (χ3n) is 2.78. The number of ketones is 1. The van der Waals surface area contributed by atoms with Crippen molar-refractivity contribution in [2.45, 2.75) is 32.7 Å². The maximum Gasteiger partial charge on any atom is 0.221 e. The van der Waals surface area contributed by atoms with Crippen LogP contribution in [0.4, 0.5) is 0 Å². The van der Waals surface area contributed by atoms with Crippen LogP contribution in [0.15, 0.2) is 0 Å². The normalized spacial score (nSPS) is 16.8. The molecular weight excluding hydrogens is 194 g/mol. The minimum atomic E-state index is -0.684. The Morgan fingerprint density at radius 2 is 1.87 bits per heavy atom. The van der Waals surface area contributed by atoms with Gasteiger partial charge < -0.3 is 17.2 Å². The molecule has 0 aliphatic rings. The van der Waals surface area contributed by atoms with E-state index in [4.69, 9.17) is 17.2 Å². The smallest absolute Gasteiger partial charge is 0.221 e. The van der Waals surface area contributed by atoms with Gasteiger partial charge in [0.1, 0.15) is 0 Å². The molecule has 0 aromatic carbocycles. The molecule has 1 unspecified atom stereocenters. The van der Waals surface area contributed by atoms with Crippen LogP contribution in [-0.4, -0.2) is 24.3 Å². The van der Waals surface area contributed by atoms with Crippen LogP contribution >= 0.6 is 0 Å². The molecule has 88 valence electrons. The molecule has 0 aliphatic carbocycles. The van der Waals surface area contributed by atoms with E-state index in [1.807, 2.05) is 13.8 Å². The molecule has 5 heteroatoms. The van der Waals surface area contributed by atoms with E-state index >= 15 is 0 Å². The van der Waals surface area contributed by atoms with Gasteiger partial charge in [0, 0.05) is 18.9 Å². The Morgan fingerprint density at radius 3 is 2.20 bits per heavy atom. The Hall–Kier alpha value is -0.940. The Bertz CT molecular complexity index is 231. The first-order chi connectivity index (χ1) is 6.93. The van der Waals surface area contributed by atoms with E-state index in [2.05, 4.69) is 0 Å². The summed E-state index contributed by atoms with van der Waals surface area (Å²) in [5.74, 6) is -0.972. The summed E-state index contributed by atoms with van der Waals surface area (Å²) in [5.41, 5.74) is 16.0. The van der Waals surface area contributed by atoms with Gasteiger partial charge in [0.25, 0.3) is 0 Å². The maximum absolute atomic E-state index is 11.5.